The minimum atomic E-state index is -0.586. The van der Waals surface area contributed by atoms with E-state index in [0.717, 1.165) is 50.1 Å². The number of benzene rings is 2. The van der Waals surface area contributed by atoms with E-state index in [1.165, 1.54) is 35.3 Å². The third-order valence-corrected chi connectivity index (χ3v) is 10.3. The van der Waals surface area contributed by atoms with E-state index >= 15 is 0 Å². The summed E-state index contributed by atoms with van der Waals surface area (Å²) < 4.78 is 25.2. The Hall–Kier alpha value is -4.42. The van der Waals surface area contributed by atoms with Crippen LogP contribution < -0.4 is 16.0 Å². The smallest absolute Gasteiger partial charge is 0.255 e. The average Bonchev–Trinajstić information content (AvgIpc) is 3.68. The van der Waals surface area contributed by atoms with Crippen LogP contribution in [0, 0.1) is 5.95 Å². The van der Waals surface area contributed by atoms with Crippen molar-refractivity contribution in [1.82, 2.24) is 20.2 Å². The number of hydrogen-bond acceptors (Lipinski definition) is 9. The number of amides is 1. The van der Waals surface area contributed by atoms with E-state index in [2.05, 4.69) is 81.4 Å². The minimum Gasteiger partial charge on any atom is -0.395 e. The van der Waals surface area contributed by atoms with E-state index in [-0.39, 0.29) is 41.5 Å². The quantitative estimate of drug-likeness (QED) is 0.203. The molecule has 4 aromatic rings. The van der Waals surface area contributed by atoms with E-state index in [1.807, 2.05) is 0 Å². The lowest BCUT2D eigenvalue weighted by Gasteiger charge is -2.38. The van der Waals surface area contributed by atoms with Gasteiger partial charge in [0.15, 0.2) is 0 Å². The van der Waals surface area contributed by atoms with Crippen molar-refractivity contribution in [1.29, 1.82) is 0 Å². The molecule has 3 aliphatic rings. The number of β-amino-alcohol motifs (C(OH)–C–C–N with tert-alkyl or cyclic N) is 1. The van der Waals surface area contributed by atoms with Gasteiger partial charge >= 0.3 is 0 Å². The Morgan fingerprint density at radius 2 is 1.74 bits per heavy atom. The lowest BCUT2D eigenvalue weighted by atomic mass is 9.85. The van der Waals surface area contributed by atoms with Gasteiger partial charge in [-0.05, 0) is 65.4 Å². The number of carbonyl (C=O) groups is 1. The molecule has 1 amide bonds. The number of nitrogen functional groups attached to an aromatic ring is 1. The first kappa shape index (κ1) is 34.0. The molecule has 11 heteroatoms. The van der Waals surface area contributed by atoms with Gasteiger partial charge in [-0.25, -0.2) is 9.97 Å². The molecule has 10 nitrogen and oxygen atoms in total. The topological polar surface area (TPSA) is 126 Å². The normalized spacial score (nSPS) is 20.6. The van der Waals surface area contributed by atoms with Crippen LogP contribution in [0.25, 0.3) is 22.3 Å². The van der Waals surface area contributed by atoms with Crippen LogP contribution in [0.1, 0.15) is 48.2 Å². The molecule has 0 radical (unpaired) electrons. The van der Waals surface area contributed by atoms with Gasteiger partial charge in [-0.3, -0.25) is 4.79 Å². The molecular formula is C39H45FN6O4. The highest BCUT2D eigenvalue weighted by atomic mass is 19.1. The van der Waals surface area contributed by atoms with Crippen LogP contribution in [0.3, 0.4) is 0 Å². The number of aliphatic hydroxyl groups is 1. The number of nitrogens with one attached hydrogen (secondary N) is 1. The first-order chi connectivity index (χ1) is 24.2. The molecule has 262 valence electrons. The van der Waals surface area contributed by atoms with Crippen LogP contribution in [0.2, 0.25) is 0 Å². The van der Waals surface area contributed by atoms with E-state index in [9.17, 15) is 14.3 Å². The summed E-state index contributed by atoms with van der Waals surface area (Å²) in [5, 5.41) is 12.3. The standard InChI is InChI=1S/C39H45FN6O4/c1-39(2)24-46(30-11-13-45(14-12-30)15-16-47)34-9-7-27(18-32(34)39)26-5-3-25(4-6-26)21-50-35-23-49-22-33(35)44-38(48)31-17-29(20-43-37(31)41)28-8-10-36(40)42-19-28/h3-10,17-20,30,33,35,47H,11-16,21-24H2,1-2H3,(H2,41,43)(H,44,48)/t33-,35-/m0/s1. The number of fused-ring (bicyclic) bond motifs is 1. The third-order valence-electron chi connectivity index (χ3n) is 10.3. The van der Waals surface area contributed by atoms with Gasteiger partial charge in [-0.15, -0.1) is 0 Å². The summed E-state index contributed by atoms with van der Waals surface area (Å²) in [6.45, 7) is 9.82. The Labute approximate surface area is 292 Å². The van der Waals surface area contributed by atoms with E-state index < -0.39 is 5.95 Å². The van der Waals surface area contributed by atoms with Gasteiger partial charge in [0, 0.05) is 66.8 Å². The van der Waals surface area contributed by atoms with Gasteiger partial charge in [0.05, 0.1) is 38.0 Å². The third kappa shape index (κ3) is 7.22. The van der Waals surface area contributed by atoms with Crippen LogP contribution in [-0.4, -0.2) is 90.1 Å². The summed E-state index contributed by atoms with van der Waals surface area (Å²) in [6.07, 6.45) is 4.83. The summed E-state index contributed by atoms with van der Waals surface area (Å²) in [4.78, 5) is 26.1. The Kier molecular flexibility index (Phi) is 9.83. The Balaban J connectivity index is 0.967. The van der Waals surface area contributed by atoms with Gasteiger partial charge in [-0.2, -0.15) is 4.39 Å². The zero-order valence-corrected chi connectivity index (χ0v) is 28.6. The second kappa shape index (κ2) is 14.4. The summed E-state index contributed by atoms with van der Waals surface area (Å²) >= 11 is 0. The first-order valence-electron chi connectivity index (χ1n) is 17.4. The molecule has 0 bridgehead atoms. The number of halogens is 1. The summed E-state index contributed by atoms with van der Waals surface area (Å²) in [5.41, 5.74) is 13.7. The van der Waals surface area contributed by atoms with E-state index in [4.69, 9.17) is 15.2 Å². The monoisotopic (exact) mass is 680 g/mol. The van der Waals surface area contributed by atoms with Crippen molar-refractivity contribution in [2.24, 2.45) is 0 Å². The Morgan fingerprint density at radius 1 is 1.00 bits per heavy atom. The zero-order valence-electron chi connectivity index (χ0n) is 28.6. The number of hydrogen-bond donors (Lipinski definition) is 3. The lowest BCUT2D eigenvalue weighted by molar-refractivity contribution is 0.0218. The highest BCUT2D eigenvalue weighted by molar-refractivity contribution is 5.99. The van der Waals surface area contributed by atoms with Crippen molar-refractivity contribution < 1.29 is 23.8 Å². The average molecular weight is 681 g/mol. The molecule has 5 heterocycles. The fourth-order valence-corrected chi connectivity index (χ4v) is 7.46. The number of anilines is 2. The van der Waals surface area contributed by atoms with Crippen molar-refractivity contribution in [2.45, 2.75) is 56.9 Å². The molecule has 2 saturated heterocycles. The highest BCUT2D eigenvalue weighted by Crippen LogP contribution is 2.44. The first-order valence-corrected chi connectivity index (χ1v) is 17.4. The highest BCUT2D eigenvalue weighted by Gasteiger charge is 2.39. The number of nitrogens with zero attached hydrogens (tertiary/aromatic N) is 4. The van der Waals surface area contributed by atoms with Crippen LogP contribution in [0.15, 0.2) is 73.1 Å². The van der Waals surface area contributed by atoms with Crippen LogP contribution >= 0.6 is 0 Å². The van der Waals surface area contributed by atoms with E-state index in [0.29, 0.717) is 37.0 Å². The number of aromatic nitrogens is 2. The molecule has 3 aliphatic heterocycles. The van der Waals surface area contributed by atoms with Crippen molar-refractivity contribution in [3.8, 4) is 22.3 Å². The molecule has 2 aromatic heterocycles. The molecule has 50 heavy (non-hydrogen) atoms. The number of piperidine rings is 1. The minimum absolute atomic E-state index is 0.0573. The second-order valence-electron chi connectivity index (χ2n) is 14.2. The molecule has 2 aromatic carbocycles. The van der Waals surface area contributed by atoms with Gasteiger partial charge in [-0.1, -0.05) is 44.2 Å². The molecule has 4 N–H and O–H groups in total. The Bertz CT molecular complexity index is 1810. The van der Waals surface area contributed by atoms with Crippen LogP contribution in [-0.2, 0) is 21.5 Å². The van der Waals surface area contributed by atoms with Gasteiger partial charge in [0.25, 0.3) is 5.91 Å². The molecule has 2 atom stereocenters. The molecule has 7 rings (SSSR count). The molecule has 0 saturated carbocycles. The largest absolute Gasteiger partial charge is 0.395 e. The SMILES string of the molecule is CC1(C)CN(C2CCN(CCO)CC2)c2ccc(-c3ccc(CO[C@H]4COC[C@@H]4NC(=O)c4cc(-c5ccc(F)nc5)cnc4N)cc3)cc21. The van der Waals surface area contributed by atoms with Crippen LogP contribution in [0.4, 0.5) is 15.9 Å². The van der Waals surface area contributed by atoms with Gasteiger partial charge in [0.1, 0.15) is 11.9 Å². The molecule has 0 unspecified atom stereocenters. The van der Waals surface area contributed by atoms with Crippen molar-refractivity contribution in [3.05, 3.63) is 95.7 Å². The number of aliphatic hydroxyl groups excluding tert-OH is 1. The lowest BCUT2D eigenvalue weighted by Crippen LogP contribution is -2.46. The Morgan fingerprint density at radius 3 is 2.48 bits per heavy atom. The maximum Gasteiger partial charge on any atom is 0.255 e. The maximum absolute atomic E-state index is 13.3. The van der Waals surface area contributed by atoms with Crippen LogP contribution in [0.5, 0.6) is 0 Å². The van der Waals surface area contributed by atoms with Crippen molar-refractivity contribution in [2.75, 3.05) is 56.6 Å². The summed E-state index contributed by atoms with van der Waals surface area (Å²) in [6, 6.07) is 20.0. The number of nitrogens with two attached hydrogens (primary N) is 1. The second-order valence-corrected chi connectivity index (χ2v) is 14.2. The van der Waals surface area contributed by atoms with Crippen molar-refractivity contribution >= 4 is 17.4 Å². The fourth-order valence-electron chi connectivity index (χ4n) is 7.46. The molecule has 2 fully saturated rings. The number of ether oxygens (including phenoxy) is 2. The predicted octanol–water partition coefficient (Wildman–Crippen LogP) is 4.80. The molecule has 0 spiro atoms. The molecule has 0 aliphatic carbocycles. The predicted molar refractivity (Wildman–Crippen MR) is 191 cm³/mol. The summed E-state index contributed by atoms with van der Waals surface area (Å²) in [7, 11) is 0. The van der Waals surface area contributed by atoms with Gasteiger partial charge < -0.3 is 35.4 Å². The van der Waals surface area contributed by atoms with Gasteiger partial charge in [0.2, 0.25) is 5.95 Å². The number of rotatable bonds is 10. The maximum atomic E-state index is 13.3. The van der Waals surface area contributed by atoms with E-state index in [1.54, 1.807) is 12.1 Å². The number of carbonyl (C=O) groups excluding carboxylic acids is 1. The molecular weight excluding hydrogens is 635 g/mol. The zero-order chi connectivity index (χ0) is 34.8. The fraction of sp³-hybridized carbons (Fsp3) is 0.410. The number of likely N-dealkylation sites (tertiary alicyclic amines) is 1. The summed E-state index contributed by atoms with van der Waals surface area (Å²) in [5.74, 6) is -0.876. The number of pyridine rings is 2. The van der Waals surface area contributed by atoms with Crippen molar-refractivity contribution in [3.63, 3.8) is 0 Å².